The summed E-state index contributed by atoms with van der Waals surface area (Å²) in [6.45, 7) is 1.80. The van der Waals surface area contributed by atoms with Gasteiger partial charge in [-0.25, -0.2) is 8.78 Å². The fourth-order valence-corrected chi connectivity index (χ4v) is 1.30. The van der Waals surface area contributed by atoms with Gasteiger partial charge in [-0.05, 0) is 19.1 Å². The van der Waals surface area contributed by atoms with Crippen molar-refractivity contribution in [3.8, 4) is 0 Å². The quantitative estimate of drug-likeness (QED) is 0.624. The Morgan fingerprint density at radius 1 is 1.25 bits per heavy atom. The average Bonchev–Trinajstić information content (AvgIpc) is 2.29. The zero-order valence-electron chi connectivity index (χ0n) is 6.49. The summed E-state index contributed by atoms with van der Waals surface area (Å²) in [6, 6.07) is 3.82. The smallest absolute Gasteiger partial charge is 0.135 e. The molecule has 64 valence electrons. The Morgan fingerprint density at radius 3 is 2.75 bits per heavy atom. The predicted octanol–water partition coefficient (Wildman–Crippen LogP) is 3.00. The third-order valence-electron chi connectivity index (χ3n) is 1.79. The summed E-state index contributed by atoms with van der Waals surface area (Å²) >= 11 is 0. The largest absolute Gasteiger partial charge is 0.358 e. The molecule has 3 heteroatoms. The average molecular weight is 169 g/mol. The van der Waals surface area contributed by atoms with Crippen LogP contribution in [0.2, 0.25) is 0 Å². The van der Waals surface area contributed by atoms with Crippen LogP contribution in [0.4, 0.5) is 8.78 Å². The van der Waals surface area contributed by atoms with Crippen molar-refractivity contribution in [2.75, 3.05) is 0 Å². The minimum absolute atomic E-state index is 0. The third kappa shape index (κ3) is 0.978. The molecule has 0 saturated carbocycles. The van der Waals surface area contributed by atoms with E-state index in [1.165, 1.54) is 6.07 Å². The molecule has 0 aliphatic rings. The maximum atomic E-state index is 13.0. The van der Waals surface area contributed by atoms with Crippen molar-refractivity contribution in [2.45, 2.75) is 6.92 Å². The number of aryl methyl sites for hydroxylation is 1. The van der Waals surface area contributed by atoms with Gasteiger partial charge in [-0.1, -0.05) is 0 Å². The minimum Gasteiger partial charge on any atom is -0.358 e. The van der Waals surface area contributed by atoms with Crippen LogP contribution in [0.1, 0.15) is 7.12 Å². The highest BCUT2D eigenvalue weighted by atomic mass is 19.1. The zero-order valence-corrected chi connectivity index (χ0v) is 6.49. The Labute approximate surface area is 69.5 Å². The summed E-state index contributed by atoms with van der Waals surface area (Å²) in [6.07, 6.45) is 0. The fourth-order valence-electron chi connectivity index (χ4n) is 1.30. The predicted molar refractivity (Wildman–Crippen MR) is 45.1 cm³/mol. The van der Waals surface area contributed by atoms with Crippen LogP contribution in [-0.4, -0.2) is 4.98 Å². The van der Waals surface area contributed by atoms with Gasteiger partial charge in [0, 0.05) is 18.6 Å². The van der Waals surface area contributed by atoms with E-state index in [-0.39, 0.29) is 1.43 Å². The van der Waals surface area contributed by atoms with E-state index in [4.69, 9.17) is 0 Å². The van der Waals surface area contributed by atoms with Gasteiger partial charge >= 0.3 is 0 Å². The minimum atomic E-state index is -0.554. The molecule has 2 rings (SSSR count). The molecule has 12 heavy (non-hydrogen) atoms. The summed E-state index contributed by atoms with van der Waals surface area (Å²) < 4.78 is 25.6. The molecule has 1 nitrogen and oxygen atoms in total. The van der Waals surface area contributed by atoms with Crippen LogP contribution in [0.3, 0.4) is 0 Å². The fraction of sp³-hybridized carbons (Fsp3) is 0.111. The highest BCUT2D eigenvalue weighted by Gasteiger charge is 2.05. The van der Waals surface area contributed by atoms with Gasteiger partial charge in [-0.2, -0.15) is 0 Å². The lowest BCUT2D eigenvalue weighted by Crippen LogP contribution is -1.79. The van der Waals surface area contributed by atoms with Crippen molar-refractivity contribution < 1.29 is 10.2 Å². The van der Waals surface area contributed by atoms with Gasteiger partial charge in [0.05, 0.1) is 5.52 Å². The normalized spacial score (nSPS) is 10.9. The number of halogens is 2. The SMILES string of the molecule is Cc1cc2c(F)cc(F)cc2[nH]1.[HH]. The second-order valence-electron chi connectivity index (χ2n) is 2.80. The molecule has 0 aliphatic carbocycles. The number of H-pyrrole nitrogens is 1. The van der Waals surface area contributed by atoms with Crippen molar-refractivity contribution in [2.24, 2.45) is 0 Å². The zero-order chi connectivity index (χ0) is 8.72. The Balaban J connectivity index is 0.000000845. The molecule has 0 saturated heterocycles. The lowest BCUT2D eigenvalue weighted by atomic mass is 10.2. The second-order valence-corrected chi connectivity index (χ2v) is 2.80. The first-order valence-electron chi connectivity index (χ1n) is 3.61. The maximum absolute atomic E-state index is 13.0. The monoisotopic (exact) mass is 169 g/mol. The third-order valence-corrected chi connectivity index (χ3v) is 1.79. The van der Waals surface area contributed by atoms with Crippen LogP contribution in [-0.2, 0) is 0 Å². The molecule has 1 N–H and O–H groups in total. The first-order chi connectivity index (χ1) is 5.66. The number of benzene rings is 1. The summed E-state index contributed by atoms with van der Waals surface area (Å²) in [5.41, 5.74) is 1.33. The van der Waals surface area contributed by atoms with Crippen LogP contribution in [0.25, 0.3) is 10.9 Å². The van der Waals surface area contributed by atoms with E-state index < -0.39 is 11.6 Å². The van der Waals surface area contributed by atoms with Crippen molar-refractivity contribution in [1.29, 1.82) is 0 Å². The lowest BCUT2D eigenvalue weighted by molar-refractivity contribution is 0.592. The van der Waals surface area contributed by atoms with Crippen LogP contribution in [0.15, 0.2) is 18.2 Å². The highest BCUT2D eigenvalue weighted by Crippen LogP contribution is 2.19. The molecular weight excluding hydrogens is 160 g/mol. The van der Waals surface area contributed by atoms with E-state index in [0.717, 1.165) is 11.8 Å². The Kier molecular flexibility index (Phi) is 1.40. The molecule has 0 amide bonds. The Morgan fingerprint density at radius 2 is 2.00 bits per heavy atom. The first-order valence-corrected chi connectivity index (χ1v) is 3.61. The van der Waals surface area contributed by atoms with Gasteiger partial charge in [0.2, 0.25) is 0 Å². The second kappa shape index (κ2) is 2.30. The molecule has 0 unspecified atom stereocenters. The van der Waals surface area contributed by atoms with E-state index in [1.54, 1.807) is 13.0 Å². The number of hydrogen-bond donors (Lipinski definition) is 1. The van der Waals surface area contributed by atoms with Gasteiger partial charge in [-0.3, -0.25) is 0 Å². The highest BCUT2D eigenvalue weighted by molar-refractivity contribution is 5.80. The molecular formula is C9H9F2N. The van der Waals surface area contributed by atoms with Gasteiger partial charge < -0.3 is 4.98 Å². The van der Waals surface area contributed by atoms with Gasteiger partial charge in [0.1, 0.15) is 11.6 Å². The topological polar surface area (TPSA) is 15.8 Å². The van der Waals surface area contributed by atoms with Crippen molar-refractivity contribution in [3.63, 3.8) is 0 Å². The molecule has 0 atom stereocenters. The van der Waals surface area contributed by atoms with E-state index in [9.17, 15) is 8.78 Å². The van der Waals surface area contributed by atoms with Crippen molar-refractivity contribution in [1.82, 2.24) is 4.98 Å². The van der Waals surface area contributed by atoms with Crippen LogP contribution in [0.5, 0.6) is 0 Å². The number of hydrogen-bond acceptors (Lipinski definition) is 0. The lowest BCUT2D eigenvalue weighted by Gasteiger charge is -1.91. The number of aromatic amines is 1. The van der Waals surface area contributed by atoms with Crippen LogP contribution >= 0.6 is 0 Å². The Bertz CT molecular complexity index is 436. The summed E-state index contributed by atoms with van der Waals surface area (Å²) in [4.78, 5) is 2.86. The summed E-state index contributed by atoms with van der Waals surface area (Å²) in [5.74, 6) is -1.07. The number of aromatic nitrogens is 1. The molecule has 0 radical (unpaired) electrons. The molecule has 1 aromatic heterocycles. The van der Waals surface area contributed by atoms with E-state index in [2.05, 4.69) is 4.98 Å². The molecule has 2 aromatic rings. The van der Waals surface area contributed by atoms with Crippen molar-refractivity contribution in [3.05, 3.63) is 35.5 Å². The van der Waals surface area contributed by atoms with E-state index in [1.807, 2.05) is 0 Å². The van der Waals surface area contributed by atoms with Crippen LogP contribution < -0.4 is 0 Å². The number of fused-ring (bicyclic) bond motifs is 1. The Hall–Kier alpha value is -1.38. The number of nitrogens with one attached hydrogen (secondary N) is 1. The molecule has 1 aromatic carbocycles. The maximum Gasteiger partial charge on any atom is 0.135 e. The van der Waals surface area contributed by atoms with Gasteiger partial charge in [0.25, 0.3) is 0 Å². The van der Waals surface area contributed by atoms with E-state index in [0.29, 0.717) is 10.9 Å². The molecule has 0 fully saturated rings. The van der Waals surface area contributed by atoms with Crippen molar-refractivity contribution >= 4 is 10.9 Å². The number of rotatable bonds is 0. The standard InChI is InChI=1S/C9H7F2N.H2/c1-5-2-7-8(11)3-6(10)4-9(7)12-5;/h2-4,12H,1H3;1H. The molecule has 0 spiro atoms. The summed E-state index contributed by atoms with van der Waals surface area (Å²) in [5, 5.41) is 0.439. The molecule has 1 heterocycles. The van der Waals surface area contributed by atoms with E-state index >= 15 is 0 Å². The van der Waals surface area contributed by atoms with Gasteiger partial charge in [-0.15, -0.1) is 0 Å². The summed E-state index contributed by atoms with van der Waals surface area (Å²) in [7, 11) is 0. The molecule has 0 bridgehead atoms. The van der Waals surface area contributed by atoms with Gasteiger partial charge in [0.15, 0.2) is 0 Å². The molecule has 0 aliphatic heterocycles. The van der Waals surface area contributed by atoms with Crippen LogP contribution in [0, 0.1) is 18.6 Å². The first kappa shape index (κ1) is 7.28.